The first kappa shape index (κ1) is 23.2. The highest BCUT2D eigenvalue weighted by Gasteiger charge is 2.23. The van der Waals surface area contributed by atoms with Crippen LogP contribution in [0.25, 0.3) is 16.0 Å². The van der Waals surface area contributed by atoms with E-state index in [9.17, 15) is 4.79 Å². The first-order valence-corrected chi connectivity index (χ1v) is 11.4. The van der Waals surface area contributed by atoms with Gasteiger partial charge in [-0.1, -0.05) is 6.57 Å². The zero-order valence-corrected chi connectivity index (χ0v) is 20.1. The molecule has 0 bridgehead atoms. The molecule has 5 rings (SSSR count). The Bertz CT molecular complexity index is 1480. The highest BCUT2D eigenvalue weighted by atomic mass is 16.5. The Morgan fingerprint density at radius 2 is 2.11 bits per heavy atom. The van der Waals surface area contributed by atoms with E-state index in [0.717, 1.165) is 5.56 Å². The quantitative estimate of drug-likeness (QED) is 0.423. The summed E-state index contributed by atoms with van der Waals surface area (Å²) in [5.41, 5.74) is 3.20. The van der Waals surface area contributed by atoms with E-state index in [2.05, 4.69) is 30.1 Å². The van der Waals surface area contributed by atoms with Gasteiger partial charge in [-0.3, -0.25) is 4.79 Å². The van der Waals surface area contributed by atoms with Crippen molar-refractivity contribution in [2.75, 3.05) is 25.0 Å². The summed E-state index contributed by atoms with van der Waals surface area (Å²) in [6.07, 6.45) is 4.76. The number of fused-ring (bicyclic) bond motifs is 1. The molecule has 36 heavy (non-hydrogen) atoms. The number of anilines is 2. The normalized spacial score (nSPS) is 15.5. The van der Waals surface area contributed by atoms with Gasteiger partial charge in [-0.2, -0.15) is 4.98 Å². The second-order valence-corrected chi connectivity index (χ2v) is 8.55. The third-order valence-corrected chi connectivity index (χ3v) is 5.82. The molecule has 4 aromatic heterocycles. The van der Waals surface area contributed by atoms with Gasteiger partial charge in [0.05, 0.1) is 30.3 Å². The summed E-state index contributed by atoms with van der Waals surface area (Å²) in [6.45, 7) is 12.6. The predicted molar refractivity (Wildman–Crippen MR) is 133 cm³/mol. The summed E-state index contributed by atoms with van der Waals surface area (Å²) in [5, 5.41) is 3.26. The molecule has 1 atom stereocenters. The minimum absolute atomic E-state index is 0.0191. The van der Waals surface area contributed by atoms with E-state index < -0.39 is 0 Å². The van der Waals surface area contributed by atoms with E-state index in [0.29, 0.717) is 65.4 Å². The number of morpholine rings is 1. The molecule has 1 fully saturated rings. The van der Waals surface area contributed by atoms with Crippen molar-refractivity contribution in [1.29, 1.82) is 0 Å². The standard InChI is InChI=1S/C25H24N8O3/c1-15-9-21(26-3)28-12-19(15)36-22-10-18(23-24(31-22)32(4)14-29-23)30-20-6-5-17(11-27-20)25(34)33-7-8-35-16(2)13-33/h5-6,9-12,14,16H,7-8,13H2,1-2,4H3,(H,27,30,31)/t16-/m0/s1. The Kier molecular flexibility index (Phi) is 6.18. The second-order valence-electron chi connectivity index (χ2n) is 8.55. The Morgan fingerprint density at radius 1 is 1.25 bits per heavy atom. The van der Waals surface area contributed by atoms with Crippen molar-refractivity contribution in [3.05, 3.63) is 65.5 Å². The molecule has 1 saturated heterocycles. The fraction of sp³-hybridized carbons (Fsp3) is 0.280. The van der Waals surface area contributed by atoms with E-state index in [1.54, 1.807) is 46.3 Å². The van der Waals surface area contributed by atoms with Crippen molar-refractivity contribution in [1.82, 2.24) is 29.4 Å². The number of rotatable bonds is 5. The summed E-state index contributed by atoms with van der Waals surface area (Å²) in [5.74, 6) is 1.62. The number of amides is 1. The number of carbonyl (C=O) groups is 1. The third kappa shape index (κ3) is 4.67. The Labute approximate surface area is 207 Å². The SMILES string of the molecule is [C-]#[N+]c1cc(C)c(Oc2cc(Nc3ccc(C(=O)N4CCO[C@@H](C)C4)cn3)c3ncn(C)c3n2)cn1. The van der Waals surface area contributed by atoms with Crippen LogP contribution in [0.15, 0.2) is 43.0 Å². The summed E-state index contributed by atoms with van der Waals surface area (Å²) in [7, 11) is 1.85. The molecule has 11 heteroatoms. The predicted octanol–water partition coefficient (Wildman–Crippen LogP) is 4.01. The van der Waals surface area contributed by atoms with Crippen LogP contribution in [0.2, 0.25) is 0 Å². The monoisotopic (exact) mass is 484 g/mol. The number of pyridine rings is 3. The topological polar surface area (TPSA) is 112 Å². The number of aromatic nitrogens is 5. The van der Waals surface area contributed by atoms with Crippen LogP contribution in [0, 0.1) is 13.5 Å². The molecule has 0 radical (unpaired) electrons. The van der Waals surface area contributed by atoms with Gasteiger partial charge in [0, 0.05) is 32.4 Å². The molecule has 1 amide bonds. The van der Waals surface area contributed by atoms with Gasteiger partial charge in [-0.05, 0) is 37.6 Å². The summed E-state index contributed by atoms with van der Waals surface area (Å²) >= 11 is 0. The molecule has 0 unspecified atom stereocenters. The summed E-state index contributed by atoms with van der Waals surface area (Å²) < 4.78 is 13.3. The van der Waals surface area contributed by atoms with Crippen LogP contribution in [0.1, 0.15) is 22.8 Å². The molecular formula is C25H24N8O3. The van der Waals surface area contributed by atoms with Gasteiger partial charge in [0.15, 0.2) is 17.6 Å². The first-order valence-electron chi connectivity index (χ1n) is 11.4. The van der Waals surface area contributed by atoms with Crippen LogP contribution in [0.5, 0.6) is 11.6 Å². The number of nitrogens with one attached hydrogen (secondary N) is 1. The van der Waals surface area contributed by atoms with E-state index in [4.69, 9.17) is 16.0 Å². The van der Waals surface area contributed by atoms with Crippen molar-refractivity contribution in [3.8, 4) is 11.6 Å². The second kappa shape index (κ2) is 9.59. The Hall–Kier alpha value is -4.56. The third-order valence-electron chi connectivity index (χ3n) is 5.82. The number of imidazole rings is 1. The molecule has 11 nitrogen and oxygen atoms in total. The average molecular weight is 485 g/mol. The van der Waals surface area contributed by atoms with E-state index in [-0.39, 0.29) is 12.0 Å². The molecule has 1 aliphatic heterocycles. The number of ether oxygens (including phenoxy) is 2. The lowest BCUT2D eigenvalue weighted by Gasteiger charge is -2.31. The van der Waals surface area contributed by atoms with E-state index >= 15 is 0 Å². The molecule has 0 saturated carbocycles. The van der Waals surface area contributed by atoms with Gasteiger partial charge < -0.3 is 29.1 Å². The van der Waals surface area contributed by atoms with Crippen molar-refractivity contribution in [3.63, 3.8) is 0 Å². The highest BCUT2D eigenvalue weighted by Crippen LogP contribution is 2.31. The van der Waals surface area contributed by atoms with Crippen molar-refractivity contribution < 1.29 is 14.3 Å². The lowest BCUT2D eigenvalue weighted by molar-refractivity contribution is -0.0124. The number of carbonyl (C=O) groups excluding carboxylic acids is 1. The maximum Gasteiger partial charge on any atom is 0.269 e. The lowest BCUT2D eigenvalue weighted by Crippen LogP contribution is -2.44. The number of aryl methyl sites for hydroxylation is 2. The largest absolute Gasteiger partial charge is 0.435 e. The zero-order chi connectivity index (χ0) is 25.2. The first-order chi connectivity index (χ1) is 17.4. The van der Waals surface area contributed by atoms with Crippen LogP contribution < -0.4 is 10.1 Å². The van der Waals surface area contributed by atoms with Gasteiger partial charge >= 0.3 is 0 Å². The van der Waals surface area contributed by atoms with Gasteiger partial charge in [0.2, 0.25) is 5.88 Å². The molecule has 4 aromatic rings. The van der Waals surface area contributed by atoms with Crippen molar-refractivity contribution in [2.24, 2.45) is 7.05 Å². The number of hydrogen-bond acceptors (Lipinski definition) is 8. The van der Waals surface area contributed by atoms with Gasteiger partial charge in [-0.25, -0.2) is 9.97 Å². The Morgan fingerprint density at radius 3 is 2.83 bits per heavy atom. The highest BCUT2D eigenvalue weighted by molar-refractivity contribution is 5.94. The van der Waals surface area contributed by atoms with Crippen molar-refractivity contribution in [2.45, 2.75) is 20.0 Å². The molecule has 1 N–H and O–H groups in total. The van der Waals surface area contributed by atoms with Gasteiger partial charge in [0.1, 0.15) is 11.3 Å². The maximum absolute atomic E-state index is 12.8. The van der Waals surface area contributed by atoms with Crippen LogP contribution in [0.4, 0.5) is 17.3 Å². The molecular weight excluding hydrogens is 460 g/mol. The van der Waals surface area contributed by atoms with E-state index in [1.807, 2.05) is 20.9 Å². The van der Waals surface area contributed by atoms with Gasteiger partial charge in [0.25, 0.3) is 11.7 Å². The molecule has 5 heterocycles. The fourth-order valence-corrected chi connectivity index (χ4v) is 3.95. The number of hydrogen-bond donors (Lipinski definition) is 1. The van der Waals surface area contributed by atoms with Crippen LogP contribution in [0.3, 0.4) is 0 Å². The Balaban J connectivity index is 1.40. The van der Waals surface area contributed by atoms with Gasteiger partial charge in [-0.15, -0.1) is 4.98 Å². The smallest absolute Gasteiger partial charge is 0.269 e. The molecule has 0 spiro atoms. The summed E-state index contributed by atoms with van der Waals surface area (Å²) in [4.78, 5) is 35.5. The molecule has 182 valence electrons. The maximum atomic E-state index is 12.8. The van der Waals surface area contributed by atoms with Crippen LogP contribution in [-0.4, -0.2) is 61.1 Å². The summed E-state index contributed by atoms with van der Waals surface area (Å²) in [6, 6.07) is 6.89. The van der Waals surface area contributed by atoms with Crippen molar-refractivity contribution >= 4 is 34.4 Å². The lowest BCUT2D eigenvalue weighted by atomic mass is 10.2. The fourth-order valence-electron chi connectivity index (χ4n) is 3.95. The minimum Gasteiger partial charge on any atom is -0.435 e. The molecule has 0 aliphatic carbocycles. The average Bonchev–Trinajstić information content (AvgIpc) is 3.26. The van der Waals surface area contributed by atoms with E-state index in [1.165, 1.54) is 6.20 Å². The van der Waals surface area contributed by atoms with Crippen LogP contribution >= 0.6 is 0 Å². The molecule has 1 aliphatic rings. The zero-order valence-electron chi connectivity index (χ0n) is 20.1. The minimum atomic E-state index is -0.0656. The molecule has 0 aromatic carbocycles. The van der Waals surface area contributed by atoms with Crippen LogP contribution in [-0.2, 0) is 11.8 Å². The number of nitrogens with zero attached hydrogens (tertiary/aromatic N) is 7.